The molecule has 1 amide bonds. The van der Waals surface area contributed by atoms with Gasteiger partial charge in [-0.1, -0.05) is 12.1 Å². The zero-order valence-corrected chi connectivity index (χ0v) is 13.5. The summed E-state index contributed by atoms with van der Waals surface area (Å²) in [5.41, 5.74) is 1.22. The summed E-state index contributed by atoms with van der Waals surface area (Å²) in [5.74, 6) is 0.0860. The SMILES string of the molecule is Cc1sc(-c2ccco2)nc1C(=O)NC(C)c1ccc(F)cc1. The number of amides is 1. The number of aromatic nitrogens is 1. The highest BCUT2D eigenvalue weighted by Crippen LogP contribution is 2.28. The van der Waals surface area contributed by atoms with Crippen LogP contribution in [0.1, 0.15) is 33.9 Å². The predicted molar refractivity (Wildman–Crippen MR) is 86.8 cm³/mol. The van der Waals surface area contributed by atoms with Gasteiger partial charge in [-0.25, -0.2) is 9.37 Å². The van der Waals surface area contributed by atoms with Crippen molar-refractivity contribution in [2.75, 3.05) is 0 Å². The fourth-order valence-corrected chi connectivity index (χ4v) is 3.09. The number of hydrogen-bond acceptors (Lipinski definition) is 4. The van der Waals surface area contributed by atoms with Crippen LogP contribution in [-0.4, -0.2) is 10.9 Å². The summed E-state index contributed by atoms with van der Waals surface area (Å²) in [6.45, 7) is 3.70. The van der Waals surface area contributed by atoms with Crippen molar-refractivity contribution in [3.63, 3.8) is 0 Å². The van der Waals surface area contributed by atoms with Crippen LogP contribution in [0.3, 0.4) is 0 Å². The topological polar surface area (TPSA) is 55.1 Å². The molecular weight excluding hydrogens is 315 g/mol. The van der Waals surface area contributed by atoms with E-state index in [9.17, 15) is 9.18 Å². The molecule has 0 bridgehead atoms. The quantitative estimate of drug-likeness (QED) is 0.774. The molecule has 0 aliphatic rings. The third kappa shape index (κ3) is 3.32. The Morgan fingerprint density at radius 1 is 1.30 bits per heavy atom. The van der Waals surface area contributed by atoms with E-state index >= 15 is 0 Å². The van der Waals surface area contributed by atoms with Crippen molar-refractivity contribution in [3.8, 4) is 10.8 Å². The Morgan fingerprint density at radius 2 is 2.04 bits per heavy atom. The molecule has 0 fully saturated rings. The first kappa shape index (κ1) is 15.4. The van der Waals surface area contributed by atoms with E-state index in [0.717, 1.165) is 10.4 Å². The number of nitrogens with zero attached hydrogens (tertiary/aromatic N) is 1. The van der Waals surface area contributed by atoms with Crippen LogP contribution in [0.25, 0.3) is 10.8 Å². The van der Waals surface area contributed by atoms with E-state index < -0.39 is 0 Å². The number of furan rings is 1. The van der Waals surface area contributed by atoms with Crippen LogP contribution in [0.4, 0.5) is 4.39 Å². The molecule has 118 valence electrons. The summed E-state index contributed by atoms with van der Waals surface area (Å²) < 4.78 is 18.3. The number of rotatable bonds is 4. The van der Waals surface area contributed by atoms with Gasteiger partial charge in [0.05, 0.1) is 12.3 Å². The van der Waals surface area contributed by atoms with Gasteiger partial charge in [-0.05, 0) is 43.7 Å². The smallest absolute Gasteiger partial charge is 0.271 e. The van der Waals surface area contributed by atoms with E-state index in [1.165, 1.54) is 23.5 Å². The number of carbonyl (C=O) groups is 1. The first-order chi connectivity index (χ1) is 11.0. The zero-order valence-electron chi connectivity index (χ0n) is 12.7. The fraction of sp³-hybridized carbons (Fsp3) is 0.176. The van der Waals surface area contributed by atoms with Crippen molar-refractivity contribution in [1.29, 1.82) is 0 Å². The molecule has 0 radical (unpaired) electrons. The van der Waals surface area contributed by atoms with Gasteiger partial charge in [0.2, 0.25) is 0 Å². The highest BCUT2D eigenvalue weighted by Gasteiger charge is 2.19. The second kappa shape index (κ2) is 6.34. The van der Waals surface area contributed by atoms with Crippen LogP contribution in [-0.2, 0) is 0 Å². The minimum Gasteiger partial charge on any atom is -0.462 e. The molecule has 4 nitrogen and oxygen atoms in total. The molecule has 0 aliphatic heterocycles. The van der Waals surface area contributed by atoms with E-state index in [4.69, 9.17) is 4.42 Å². The number of carbonyl (C=O) groups excluding carboxylic acids is 1. The molecule has 3 aromatic rings. The van der Waals surface area contributed by atoms with Gasteiger partial charge in [-0.15, -0.1) is 11.3 Å². The summed E-state index contributed by atoms with van der Waals surface area (Å²) in [5, 5.41) is 3.56. The Kier molecular flexibility index (Phi) is 4.25. The average molecular weight is 330 g/mol. The van der Waals surface area contributed by atoms with Gasteiger partial charge in [0.25, 0.3) is 5.91 Å². The van der Waals surface area contributed by atoms with Crippen molar-refractivity contribution in [2.45, 2.75) is 19.9 Å². The summed E-state index contributed by atoms with van der Waals surface area (Å²) in [4.78, 5) is 17.6. The lowest BCUT2D eigenvalue weighted by Crippen LogP contribution is -2.27. The van der Waals surface area contributed by atoms with Gasteiger partial charge in [0.1, 0.15) is 11.5 Å². The van der Waals surface area contributed by atoms with Gasteiger partial charge >= 0.3 is 0 Å². The number of aryl methyl sites for hydroxylation is 1. The van der Waals surface area contributed by atoms with Crippen molar-refractivity contribution >= 4 is 17.2 Å². The molecule has 0 aliphatic carbocycles. The summed E-state index contributed by atoms with van der Waals surface area (Å²) >= 11 is 1.41. The van der Waals surface area contributed by atoms with Gasteiger partial charge in [-0.2, -0.15) is 0 Å². The van der Waals surface area contributed by atoms with Gasteiger partial charge in [0.15, 0.2) is 10.8 Å². The monoisotopic (exact) mass is 330 g/mol. The van der Waals surface area contributed by atoms with Crippen molar-refractivity contribution in [2.24, 2.45) is 0 Å². The van der Waals surface area contributed by atoms with E-state index in [2.05, 4.69) is 10.3 Å². The molecule has 1 aromatic carbocycles. The maximum absolute atomic E-state index is 13.0. The van der Waals surface area contributed by atoms with Gasteiger partial charge < -0.3 is 9.73 Å². The lowest BCUT2D eigenvalue weighted by atomic mass is 10.1. The molecular formula is C17H15FN2O2S. The standard InChI is InChI=1S/C17H15FN2O2S/c1-10(12-5-7-13(18)8-6-12)19-16(21)15-11(2)23-17(20-15)14-4-3-9-22-14/h3-10H,1-2H3,(H,19,21). The van der Waals surface area contributed by atoms with Crippen molar-refractivity contribution < 1.29 is 13.6 Å². The highest BCUT2D eigenvalue weighted by atomic mass is 32.1. The average Bonchev–Trinajstić information content (AvgIpc) is 3.16. The highest BCUT2D eigenvalue weighted by molar-refractivity contribution is 7.15. The maximum atomic E-state index is 13.0. The van der Waals surface area contributed by atoms with Crippen molar-refractivity contribution in [1.82, 2.24) is 10.3 Å². The second-order valence-corrected chi connectivity index (χ2v) is 6.35. The Morgan fingerprint density at radius 3 is 2.70 bits per heavy atom. The van der Waals surface area contributed by atoms with Crippen LogP contribution in [0, 0.1) is 12.7 Å². The molecule has 1 unspecified atom stereocenters. The Bertz CT molecular complexity index is 810. The molecule has 2 heterocycles. The van der Waals surface area contributed by atoms with E-state index in [1.807, 2.05) is 13.8 Å². The predicted octanol–water partition coefficient (Wildman–Crippen LogP) is 4.34. The normalized spacial score (nSPS) is 12.1. The van der Waals surface area contributed by atoms with Crippen LogP contribution < -0.4 is 5.32 Å². The van der Waals surface area contributed by atoms with E-state index in [-0.39, 0.29) is 17.8 Å². The summed E-state index contributed by atoms with van der Waals surface area (Å²) in [6, 6.07) is 9.41. The van der Waals surface area contributed by atoms with Crippen LogP contribution in [0.2, 0.25) is 0 Å². The Hall–Kier alpha value is -2.47. The van der Waals surface area contributed by atoms with E-state index in [1.54, 1.807) is 30.5 Å². The second-order valence-electron chi connectivity index (χ2n) is 5.15. The molecule has 1 N–H and O–H groups in total. The number of benzene rings is 1. The first-order valence-electron chi connectivity index (χ1n) is 7.12. The van der Waals surface area contributed by atoms with Gasteiger partial charge in [-0.3, -0.25) is 4.79 Å². The largest absolute Gasteiger partial charge is 0.462 e. The lowest BCUT2D eigenvalue weighted by Gasteiger charge is -2.13. The molecule has 0 spiro atoms. The third-order valence-corrected chi connectivity index (χ3v) is 4.45. The fourth-order valence-electron chi connectivity index (χ4n) is 2.21. The molecule has 2 aromatic heterocycles. The van der Waals surface area contributed by atoms with Gasteiger partial charge in [0, 0.05) is 4.88 Å². The van der Waals surface area contributed by atoms with Crippen molar-refractivity contribution in [3.05, 3.63) is 64.6 Å². The number of nitrogens with one attached hydrogen (secondary N) is 1. The van der Waals surface area contributed by atoms with Crippen LogP contribution >= 0.6 is 11.3 Å². The molecule has 3 rings (SSSR count). The van der Waals surface area contributed by atoms with Crippen LogP contribution in [0.15, 0.2) is 47.1 Å². The molecule has 0 saturated heterocycles. The summed E-state index contributed by atoms with van der Waals surface area (Å²) in [6.07, 6.45) is 1.57. The Balaban J connectivity index is 1.77. The number of halogens is 1. The minimum absolute atomic E-state index is 0.240. The first-order valence-corrected chi connectivity index (χ1v) is 7.94. The third-order valence-electron chi connectivity index (χ3n) is 3.46. The summed E-state index contributed by atoms with van der Waals surface area (Å²) in [7, 11) is 0. The molecule has 1 atom stereocenters. The minimum atomic E-state index is -0.300. The molecule has 0 saturated carbocycles. The number of thiazole rings is 1. The molecule has 6 heteroatoms. The number of hydrogen-bond donors (Lipinski definition) is 1. The lowest BCUT2D eigenvalue weighted by molar-refractivity contribution is 0.0935. The maximum Gasteiger partial charge on any atom is 0.271 e. The van der Waals surface area contributed by atoms with Crippen LogP contribution in [0.5, 0.6) is 0 Å². The van der Waals surface area contributed by atoms with E-state index in [0.29, 0.717) is 16.5 Å². The molecule has 23 heavy (non-hydrogen) atoms. The zero-order chi connectivity index (χ0) is 16.4. The Labute approximate surface area is 137 Å².